The highest BCUT2D eigenvalue weighted by Crippen LogP contribution is 2.50. The zero-order valence-electron chi connectivity index (χ0n) is 10.3. The fourth-order valence-corrected chi connectivity index (χ4v) is 2.79. The summed E-state index contributed by atoms with van der Waals surface area (Å²) in [6, 6.07) is 3.33. The molecule has 1 spiro atoms. The number of ether oxygens (including phenoxy) is 3. The van der Waals surface area contributed by atoms with Gasteiger partial charge in [0.1, 0.15) is 0 Å². The Morgan fingerprint density at radius 1 is 1.42 bits per heavy atom. The number of fused-ring (bicyclic) bond motifs is 1. The third kappa shape index (κ3) is 1.99. The second-order valence-electron chi connectivity index (χ2n) is 4.71. The summed E-state index contributed by atoms with van der Waals surface area (Å²) < 4.78 is 16.7. The molecule has 1 aliphatic carbocycles. The van der Waals surface area contributed by atoms with E-state index >= 15 is 0 Å². The number of hydrogen-bond acceptors (Lipinski definition) is 5. The van der Waals surface area contributed by atoms with Crippen molar-refractivity contribution in [2.45, 2.75) is 31.2 Å². The predicted molar refractivity (Wildman–Crippen MR) is 69.0 cm³/mol. The van der Waals surface area contributed by atoms with Crippen molar-refractivity contribution in [3.8, 4) is 11.5 Å². The Morgan fingerprint density at radius 3 is 2.58 bits per heavy atom. The molecule has 5 nitrogen and oxygen atoms in total. The number of esters is 1. The average Bonchev–Trinajstić information content (AvgIpc) is 2.74. The molecule has 19 heavy (non-hydrogen) atoms. The number of aliphatic hydroxyl groups is 1. The van der Waals surface area contributed by atoms with Crippen LogP contribution in [-0.2, 0) is 9.53 Å². The molecule has 1 N–H and O–H groups in total. The standard InChI is InChI=1S/C13H13BrO5/c1-17-12(16)11(15)7-5-9-10(6-8(7)14)19-13(18-9)3-2-4-13/h5-6,11,15H,2-4H2,1H3. The molecule has 2 aliphatic rings. The molecule has 102 valence electrons. The van der Waals surface area contributed by atoms with Crippen LogP contribution >= 0.6 is 15.9 Å². The van der Waals surface area contributed by atoms with Gasteiger partial charge in [0.05, 0.1) is 7.11 Å². The van der Waals surface area contributed by atoms with Gasteiger partial charge in [0.2, 0.25) is 0 Å². The van der Waals surface area contributed by atoms with Crippen LogP contribution in [0, 0.1) is 0 Å². The van der Waals surface area contributed by atoms with Crippen molar-refractivity contribution in [1.29, 1.82) is 0 Å². The summed E-state index contributed by atoms with van der Waals surface area (Å²) in [5.74, 6) is -0.0532. The Bertz CT molecular complexity index is 538. The van der Waals surface area contributed by atoms with Gasteiger partial charge >= 0.3 is 5.97 Å². The molecule has 6 heteroatoms. The fraction of sp³-hybridized carbons (Fsp3) is 0.462. The first-order valence-electron chi connectivity index (χ1n) is 6.02. The van der Waals surface area contributed by atoms with Crippen LogP contribution < -0.4 is 9.47 Å². The number of halogens is 1. The van der Waals surface area contributed by atoms with Crippen molar-refractivity contribution in [2.75, 3.05) is 7.11 Å². The summed E-state index contributed by atoms with van der Waals surface area (Å²) in [7, 11) is 1.23. The van der Waals surface area contributed by atoms with E-state index in [1.54, 1.807) is 12.1 Å². The monoisotopic (exact) mass is 328 g/mol. The fourth-order valence-electron chi connectivity index (χ4n) is 2.25. The van der Waals surface area contributed by atoms with Gasteiger partial charge < -0.3 is 19.3 Å². The van der Waals surface area contributed by atoms with Crippen molar-refractivity contribution in [1.82, 2.24) is 0 Å². The molecular formula is C13H13BrO5. The Morgan fingerprint density at radius 2 is 2.05 bits per heavy atom. The lowest BCUT2D eigenvalue weighted by molar-refractivity contribution is -0.150. The molecule has 1 aliphatic heterocycles. The average molecular weight is 329 g/mol. The molecule has 1 atom stereocenters. The van der Waals surface area contributed by atoms with Crippen molar-refractivity contribution in [2.24, 2.45) is 0 Å². The Labute approximate surface area is 118 Å². The van der Waals surface area contributed by atoms with Crippen LogP contribution in [-0.4, -0.2) is 24.0 Å². The van der Waals surface area contributed by atoms with Crippen LogP contribution in [0.2, 0.25) is 0 Å². The van der Waals surface area contributed by atoms with Crippen LogP contribution in [0.15, 0.2) is 16.6 Å². The summed E-state index contributed by atoms with van der Waals surface area (Å²) in [5.41, 5.74) is 0.408. The topological polar surface area (TPSA) is 65.0 Å². The van der Waals surface area contributed by atoms with Crippen LogP contribution in [0.1, 0.15) is 30.9 Å². The number of methoxy groups -OCH3 is 1. The maximum atomic E-state index is 11.4. The van der Waals surface area contributed by atoms with Gasteiger partial charge in [0, 0.05) is 22.9 Å². The van der Waals surface area contributed by atoms with Crippen LogP contribution in [0.4, 0.5) is 0 Å². The number of aliphatic hydroxyl groups excluding tert-OH is 1. The van der Waals surface area contributed by atoms with E-state index in [9.17, 15) is 9.90 Å². The van der Waals surface area contributed by atoms with Gasteiger partial charge in [-0.3, -0.25) is 0 Å². The first kappa shape index (κ1) is 12.7. The third-order valence-electron chi connectivity index (χ3n) is 3.49. The minimum absolute atomic E-state index is 0.408. The van der Waals surface area contributed by atoms with Gasteiger partial charge in [-0.15, -0.1) is 0 Å². The quantitative estimate of drug-likeness (QED) is 0.844. The number of carbonyl (C=O) groups is 1. The lowest BCUT2D eigenvalue weighted by Gasteiger charge is -2.35. The summed E-state index contributed by atoms with van der Waals surface area (Å²) in [6.07, 6.45) is 1.45. The smallest absolute Gasteiger partial charge is 0.339 e. The number of carbonyl (C=O) groups excluding carboxylic acids is 1. The molecule has 0 amide bonds. The zero-order chi connectivity index (χ0) is 13.6. The number of benzene rings is 1. The van der Waals surface area contributed by atoms with Gasteiger partial charge in [0.25, 0.3) is 5.79 Å². The van der Waals surface area contributed by atoms with Crippen molar-refractivity contribution in [3.05, 3.63) is 22.2 Å². The van der Waals surface area contributed by atoms with Crippen LogP contribution in [0.5, 0.6) is 11.5 Å². The van der Waals surface area contributed by atoms with Gasteiger partial charge in [-0.05, 0) is 18.6 Å². The third-order valence-corrected chi connectivity index (χ3v) is 4.18. The van der Waals surface area contributed by atoms with E-state index in [0.717, 1.165) is 19.3 Å². The Hall–Kier alpha value is -1.27. The molecule has 1 aromatic rings. The van der Waals surface area contributed by atoms with E-state index in [2.05, 4.69) is 20.7 Å². The van der Waals surface area contributed by atoms with Crippen LogP contribution in [0.3, 0.4) is 0 Å². The highest BCUT2D eigenvalue weighted by atomic mass is 79.9. The van der Waals surface area contributed by atoms with Gasteiger partial charge in [-0.25, -0.2) is 4.79 Å². The second-order valence-corrected chi connectivity index (χ2v) is 5.57. The maximum absolute atomic E-state index is 11.4. The SMILES string of the molecule is COC(=O)C(O)c1cc2c(cc1Br)OC1(CCC1)O2. The molecule has 1 heterocycles. The molecule has 1 fully saturated rings. The molecule has 1 aromatic carbocycles. The minimum Gasteiger partial charge on any atom is -0.467 e. The molecule has 0 bridgehead atoms. The van der Waals surface area contributed by atoms with Crippen molar-refractivity contribution < 1.29 is 24.1 Å². The molecule has 1 saturated carbocycles. The highest BCUT2D eigenvalue weighted by molar-refractivity contribution is 9.10. The lowest BCUT2D eigenvalue weighted by Crippen LogP contribution is -2.45. The first-order chi connectivity index (χ1) is 9.04. The highest BCUT2D eigenvalue weighted by Gasteiger charge is 2.47. The van der Waals surface area contributed by atoms with E-state index in [4.69, 9.17) is 9.47 Å². The van der Waals surface area contributed by atoms with E-state index in [1.807, 2.05) is 0 Å². The van der Waals surface area contributed by atoms with Crippen molar-refractivity contribution >= 4 is 21.9 Å². The molecule has 1 unspecified atom stereocenters. The van der Waals surface area contributed by atoms with Crippen LogP contribution in [0.25, 0.3) is 0 Å². The summed E-state index contributed by atoms with van der Waals surface area (Å²) in [4.78, 5) is 11.4. The van der Waals surface area contributed by atoms with Gasteiger partial charge in [0.15, 0.2) is 17.6 Å². The van der Waals surface area contributed by atoms with Gasteiger partial charge in [-0.1, -0.05) is 15.9 Å². The van der Waals surface area contributed by atoms with E-state index in [1.165, 1.54) is 7.11 Å². The summed E-state index contributed by atoms with van der Waals surface area (Å²) in [5, 5.41) is 9.90. The second kappa shape index (κ2) is 4.38. The lowest BCUT2D eigenvalue weighted by atomic mass is 9.91. The number of hydrogen-bond donors (Lipinski definition) is 1. The zero-order valence-corrected chi connectivity index (χ0v) is 11.9. The molecule has 3 rings (SSSR count). The van der Waals surface area contributed by atoms with Gasteiger partial charge in [-0.2, -0.15) is 0 Å². The first-order valence-corrected chi connectivity index (χ1v) is 6.81. The molecule has 0 aromatic heterocycles. The summed E-state index contributed by atoms with van der Waals surface area (Å²) >= 11 is 3.32. The minimum atomic E-state index is -1.34. The van der Waals surface area contributed by atoms with E-state index in [-0.39, 0.29) is 0 Å². The Kier molecular flexibility index (Phi) is 2.94. The predicted octanol–water partition coefficient (Wildman–Crippen LogP) is 2.31. The Balaban J connectivity index is 1.93. The van der Waals surface area contributed by atoms with E-state index < -0.39 is 17.9 Å². The maximum Gasteiger partial charge on any atom is 0.339 e. The van der Waals surface area contributed by atoms with Crippen molar-refractivity contribution in [3.63, 3.8) is 0 Å². The normalized spacial score (nSPS) is 19.9. The summed E-state index contributed by atoms with van der Waals surface area (Å²) in [6.45, 7) is 0. The largest absolute Gasteiger partial charge is 0.467 e. The van der Waals surface area contributed by atoms with E-state index in [0.29, 0.717) is 21.5 Å². The molecular weight excluding hydrogens is 316 g/mol. The molecule has 0 saturated heterocycles. The molecule has 0 radical (unpaired) electrons. The number of rotatable bonds is 2.